The zero-order valence-corrected chi connectivity index (χ0v) is 16.1. The van der Waals surface area contributed by atoms with Crippen LogP contribution in [0.25, 0.3) is 0 Å². The molecule has 27 heavy (non-hydrogen) atoms. The summed E-state index contributed by atoms with van der Waals surface area (Å²) >= 11 is 1.61. The molecule has 0 bridgehead atoms. The number of nitrogens with one attached hydrogen (secondary N) is 2. The Hall–Kier alpha value is -2.61. The molecule has 3 heterocycles. The van der Waals surface area contributed by atoms with Gasteiger partial charge in [-0.15, -0.1) is 11.3 Å². The second-order valence-electron chi connectivity index (χ2n) is 6.72. The van der Waals surface area contributed by atoms with E-state index < -0.39 is 0 Å². The van der Waals surface area contributed by atoms with Crippen LogP contribution in [0.3, 0.4) is 0 Å². The van der Waals surface area contributed by atoms with Crippen LogP contribution in [0, 0.1) is 5.92 Å². The van der Waals surface area contributed by atoms with E-state index in [1.807, 2.05) is 17.5 Å². The lowest BCUT2D eigenvalue weighted by atomic mass is 9.96. The van der Waals surface area contributed by atoms with E-state index in [1.54, 1.807) is 41.6 Å². The quantitative estimate of drug-likeness (QED) is 0.819. The van der Waals surface area contributed by atoms with Gasteiger partial charge in [-0.3, -0.25) is 9.59 Å². The maximum absolute atomic E-state index is 12.6. The largest absolute Gasteiger partial charge is 0.338 e. The van der Waals surface area contributed by atoms with E-state index in [4.69, 9.17) is 0 Å². The molecule has 3 amide bonds. The van der Waals surface area contributed by atoms with Gasteiger partial charge in [-0.25, -0.2) is 4.79 Å². The van der Waals surface area contributed by atoms with E-state index in [9.17, 15) is 14.4 Å². The summed E-state index contributed by atoms with van der Waals surface area (Å²) in [5, 5.41) is 7.73. The van der Waals surface area contributed by atoms with Crippen molar-refractivity contribution in [2.45, 2.75) is 19.4 Å². The maximum Gasteiger partial charge on any atom is 0.315 e. The lowest BCUT2D eigenvalue weighted by molar-refractivity contribution is 0.0688. The van der Waals surface area contributed by atoms with Gasteiger partial charge in [0.1, 0.15) is 5.56 Å². The first-order valence-corrected chi connectivity index (χ1v) is 9.91. The topological polar surface area (TPSA) is 83.4 Å². The second kappa shape index (κ2) is 8.85. The summed E-state index contributed by atoms with van der Waals surface area (Å²) in [7, 11) is 1.64. The van der Waals surface area contributed by atoms with Gasteiger partial charge in [-0.1, -0.05) is 6.07 Å². The predicted octanol–water partition coefficient (Wildman–Crippen LogP) is 1.80. The molecule has 0 spiro atoms. The van der Waals surface area contributed by atoms with Crippen molar-refractivity contribution in [1.82, 2.24) is 20.1 Å². The highest BCUT2D eigenvalue weighted by Gasteiger charge is 2.25. The molecule has 2 aromatic heterocycles. The van der Waals surface area contributed by atoms with Gasteiger partial charge in [0.15, 0.2) is 0 Å². The molecule has 0 radical (unpaired) electrons. The summed E-state index contributed by atoms with van der Waals surface area (Å²) in [6.07, 6.45) is 3.26. The smallest absolute Gasteiger partial charge is 0.315 e. The van der Waals surface area contributed by atoms with Gasteiger partial charge in [-0.2, -0.15) is 0 Å². The summed E-state index contributed by atoms with van der Waals surface area (Å²) in [6.45, 7) is 2.31. The molecule has 0 unspecified atom stereocenters. The standard InChI is InChI=1S/C19H24N4O3S/c1-22-8-2-5-16(17(22)24)18(25)23-9-6-14(7-10-23)12-20-19(26)21-13-15-4-3-11-27-15/h2-5,8,11,14H,6-7,9-10,12-13H2,1H3,(H2,20,21,26). The first-order valence-electron chi connectivity index (χ1n) is 9.03. The third-order valence-electron chi connectivity index (χ3n) is 4.81. The van der Waals surface area contributed by atoms with Gasteiger partial charge < -0.3 is 20.1 Å². The molecule has 7 nitrogen and oxygen atoms in total. The third-order valence-corrected chi connectivity index (χ3v) is 5.69. The van der Waals surface area contributed by atoms with Gasteiger partial charge in [0.05, 0.1) is 6.54 Å². The fourth-order valence-electron chi connectivity index (χ4n) is 3.15. The van der Waals surface area contributed by atoms with E-state index in [2.05, 4.69) is 10.6 Å². The molecular formula is C19H24N4O3S. The van der Waals surface area contributed by atoms with Crippen molar-refractivity contribution in [1.29, 1.82) is 0 Å². The number of urea groups is 1. The van der Waals surface area contributed by atoms with Crippen molar-refractivity contribution in [3.8, 4) is 0 Å². The van der Waals surface area contributed by atoms with Gasteiger partial charge in [0.25, 0.3) is 11.5 Å². The average molecular weight is 388 g/mol. The molecule has 1 saturated heterocycles. The molecule has 0 saturated carbocycles. The number of hydrogen-bond acceptors (Lipinski definition) is 4. The lowest BCUT2D eigenvalue weighted by Gasteiger charge is -2.32. The number of aromatic nitrogens is 1. The highest BCUT2D eigenvalue weighted by Crippen LogP contribution is 2.17. The van der Waals surface area contributed by atoms with Crippen molar-refractivity contribution in [3.05, 3.63) is 56.6 Å². The molecular weight excluding hydrogens is 364 g/mol. The van der Waals surface area contributed by atoms with E-state index in [-0.39, 0.29) is 23.1 Å². The van der Waals surface area contributed by atoms with Gasteiger partial charge in [-0.05, 0) is 42.3 Å². The lowest BCUT2D eigenvalue weighted by Crippen LogP contribution is -2.44. The Morgan fingerprint density at radius 3 is 2.67 bits per heavy atom. The third kappa shape index (κ3) is 4.97. The molecule has 0 atom stereocenters. The van der Waals surface area contributed by atoms with Crippen LogP contribution in [0.4, 0.5) is 4.79 Å². The molecule has 3 rings (SSSR count). The normalized spacial score (nSPS) is 14.8. The van der Waals surface area contributed by atoms with Crippen molar-refractivity contribution in [2.24, 2.45) is 13.0 Å². The number of aryl methyl sites for hydroxylation is 1. The summed E-state index contributed by atoms with van der Waals surface area (Å²) < 4.78 is 1.42. The van der Waals surface area contributed by atoms with Crippen LogP contribution in [-0.2, 0) is 13.6 Å². The Morgan fingerprint density at radius 1 is 1.19 bits per heavy atom. The summed E-state index contributed by atoms with van der Waals surface area (Å²) in [6, 6.07) is 7.06. The maximum atomic E-state index is 12.6. The van der Waals surface area contributed by atoms with E-state index in [0.717, 1.165) is 17.7 Å². The van der Waals surface area contributed by atoms with Crippen molar-refractivity contribution in [3.63, 3.8) is 0 Å². The number of pyridine rings is 1. The molecule has 0 aliphatic carbocycles. The van der Waals surface area contributed by atoms with Crippen LogP contribution >= 0.6 is 11.3 Å². The van der Waals surface area contributed by atoms with Crippen LogP contribution in [0.2, 0.25) is 0 Å². The molecule has 2 aromatic rings. The number of piperidine rings is 1. The minimum Gasteiger partial charge on any atom is -0.338 e. The van der Waals surface area contributed by atoms with E-state index >= 15 is 0 Å². The molecule has 8 heteroatoms. The highest BCUT2D eigenvalue weighted by molar-refractivity contribution is 7.09. The minimum absolute atomic E-state index is 0.172. The number of carbonyl (C=O) groups is 2. The zero-order chi connectivity index (χ0) is 19.2. The first kappa shape index (κ1) is 19.2. The van der Waals surface area contributed by atoms with Crippen LogP contribution in [0.5, 0.6) is 0 Å². The van der Waals surface area contributed by atoms with E-state index in [0.29, 0.717) is 32.1 Å². The highest BCUT2D eigenvalue weighted by atomic mass is 32.1. The van der Waals surface area contributed by atoms with Crippen molar-refractivity contribution >= 4 is 23.3 Å². The Bertz CT molecular complexity index is 839. The summed E-state index contributed by atoms with van der Waals surface area (Å²) in [5.74, 6) is 0.122. The number of amides is 3. The number of carbonyl (C=O) groups excluding carboxylic acids is 2. The number of hydrogen-bond donors (Lipinski definition) is 2. The molecule has 1 aliphatic rings. The fraction of sp³-hybridized carbons (Fsp3) is 0.421. The molecule has 144 valence electrons. The zero-order valence-electron chi connectivity index (χ0n) is 15.3. The number of nitrogens with zero attached hydrogens (tertiary/aromatic N) is 2. The number of thiophene rings is 1. The average Bonchev–Trinajstić information content (AvgIpc) is 3.20. The first-order chi connectivity index (χ1) is 13.0. The summed E-state index contributed by atoms with van der Waals surface area (Å²) in [5.41, 5.74) is -0.0572. The molecule has 1 fully saturated rings. The van der Waals surface area contributed by atoms with Crippen LogP contribution < -0.4 is 16.2 Å². The number of likely N-dealkylation sites (tertiary alicyclic amines) is 1. The Labute approximate surface area is 162 Å². The van der Waals surface area contributed by atoms with Gasteiger partial charge >= 0.3 is 6.03 Å². The fourth-order valence-corrected chi connectivity index (χ4v) is 3.80. The van der Waals surface area contributed by atoms with E-state index in [1.165, 1.54) is 4.57 Å². The second-order valence-corrected chi connectivity index (χ2v) is 7.75. The Kier molecular flexibility index (Phi) is 6.28. The summed E-state index contributed by atoms with van der Waals surface area (Å²) in [4.78, 5) is 39.4. The van der Waals surface area contributed by atoms with Crippen LogP contribution in [-0.4, -0.2) is 41.0 Å². The monoisotopic (exact) mass is 388 g/mol. The van der Waals surface area contributed by atoms with Gasteiger partial charge in [0, 0.05) is 37.8 Å². The van der Waals surface area contributed by atoms with Crippen molar-refractivity contribution < 1.29 is 9.59 Å². The molecule has 2 N–H and O–H groups in total. The molecule has 1 aliphatic heterocycles. The Morgan fingerprint density at radius 2 is 1.96 bits per heavy atom. The number of rotatable bonds is 5. The minimum atomic E-state index is -0.270. The van der Waals surface area contributed by atoms with Gasteiger partial charge in [0.2, 0.25) is 0 Å². The van der Waals surface area contributed by atoms with Crippen LogP contribution in [0.1, 0.15) is 28.1 Å². The molecule has 0 aromatic carbocycles. The SMILES string of the molecule is Cn1cccc(C(=O)N2CCC(CNC(=O)NCc3cccs3)CC2)c1=O. The van der Waals surface area contributed by atoms with Crippen molar-refractivity contribution in [2.75, 3.05) is 19.6 Å². The predicted molar refractivity (Wildman–Crippen MR) is 105 cm³/mol. The Balaban J connectivity index is 1.42. The van der Waals surface area contributed by atoms with Crippen LogP contribution in [0.15, 0.2) is 40.6 Å².